The lowest BCUT2D eigenvalue weighted by molar-refractivity contribution is -0.568. The maximum atomic E-state index is 10.9. The van der Waals surface area contributed by atoms with E-state index in [1.807, 2.05) is 30.3 Å². The predicted octanol–water partition coefficient (Wildman–Crippen LogP) is 1.99. The van der Waals surface area contributed by atoms with Gasteiger partial charge in [0.15, 0.2) is 0 Å². The van der Waals surface area contributed by atoms with Gasteiger partial charge in [0.05, 0.1) is 0 Å². The van der Waals surface area contributed by atoms with Crippen LogP contribution in [0.25, 0.3) is 0 Å². The zero-order chi connectivity index (χ0) is 9.52. The lowest BCUT2D eigenvalue weighted by Crippen LogP contribution is -2.14. The molecule has 0 aliphatic carbocycles. The Balaban J connectivity index is 2.35. The van der Waals surface area contributed by atoms with Gasteiger partial charge in [-0.05, 0) is 18.2 Å². The Morgan fingerprint density at radius 3 is 2.69 bits per heavy atom. The molecule has 0 N–H and O–H groups in total. The topological polar surface area (TPSA) is 29.3 Å². The summed E-state index contributed by atoms with van der Waals surface area (Å²) in [6, 6.07) is 9.23. The van der Waals surface area contributed by atoms with Gasteiger partial charge < -0.3 is 4.74 Å². The molecule has 0 fully saturated rings. The summed E-state index contributed by atoms with van der Waals surface area (Å²) in [4.78, 5) is 10.9. The second-order valence-corrected chi connectivity index (χ2v) is 2.54. The van der Waals surface area contributed by atoms with Gasteiger partial charge >= 0.3 is 6.73 Å². The van der Waals surface area contributed by atoms with Crippen LogP contribution >= 0.6 is 0 Å². The van der Waals surface area contributed by atoms with E-state index in [0.717, 1.165) is 4.76 Å². The summed E-state index contributed by atoms with van der Waals surface area (Å²) in [5.74, 6) is 0.701. The fourth-order valence-electron chi connectivity index (χ4n) is 0.860. The molecular weight excluding hydrogens is 166 g/mol. The Bertz CT molecular complexity index is 282. The fourth-order valence-corrected chi connectivity index (χ4v) is 0.860. The summed E-state index contributed by atoms with van der Waals surface area (Å²) in [5.41, 5.74) is 0. The van der Waals surface area contributed by atoms with Crippen molar-refractivity contribution in [3.05, 3.63) is 47.9 Å². The summed E-state index contributed by atoms with van der Waals surface area (Å²) < 4.78 is 5.98. The normalized spacial score (nSPS) is 9.23. The van der Waals surface area contributed by atoms with Crippen molar-refractivity contribution in [1.29, 1.82) is 0 Å². The quantitative estimate of drug-likeness (QED) is 0.392. The third-order valence-corrected chi connectivity index (χ3v) is 1.45. The number of hydrogen-bond donors (Lipinski definition) is 0. The molecule has 3 heteroatoms. The Labute approximate surface area is 77.2 Å². The van der Waals surface area contributed by atoms with E-state index in [1.165, 1.54) is 0 Å². The lowest BCUT2D eigenvalue weighted by atomic mass is 10.3. The molecule has 0 radical (unpaired) electrons. The summed E-state index contributed by atoms with van der Waals surface area (Å²) in [5, 5.41) is 0. The van der Waals surface area contributed by atoms with Gasteiger partial charge in [-0.25, -0.2) is 0 Å². The van der Waals surface area contributed by atoms with E-state index in [9.17, 15) is 4.91 Å². The van der Waals surface area contributed by atoms with Crippen molar-refractivity contribution in [1.82, 2.24) is 0 Å². The molecule has 0 heterocycles. The van der Waals surface area contributed by atoms with Crippen LogP contribution in [0.3, 0.4) is 0 Å². The van der Waals surface area contributed by atoms with Crippen LogP contribution in [0.1, 0.15) is 0 Å². The van der Waals surface area contributed by atoms with Crippen LogP contribution in [0.15, 0.2) is 43.0 Å². The number of nitrogens with zero attached hydrogens (tertiary/aromatic N) is 1. The third kappa shape index (κ3) is 3.51. The Kier molecular flexibility index (Phi) is 3.70. The molecular formula is C10H12NO2+. The largest absolute Gasteiger partial charge is 0.433 e. The van der Waals surface area contributed by atoms with Crippen LogP contribution in [0.2, 0.25) is 0 Å². The molecule has 0 unspecified atom stereocenters. The van der Waals surface area contributed by atoms with Crippen LogP contribution in [-0.4, -0.2) is 18.0 Å². The molecule has 1 aromatic carbocycles. The highest BCUT2D eigenvalue weighted by Gasteiger charge is 2.04. The Morgan fingerprint density at radius 2 is 2.08 bits per heavy atom. The number of para-hydroxylation sites is 1. The molecule has 0 bridgehead atoms. The van der Waals surface area contributed by atoms with Gasteiger partial charge in [-0.15, -0.1) is 0 Å². The summed E-state index contributed by atoms with van der Waals surface area (Å²) >= 11 is 0. The molecule has 68 valence electrons. The van der Waals surface area contributed by atoms with Gasteiger partial charge in [-0.2, -0.15) is 0 Å². The Morgan fingerprint density at radius 1 is 1.38 bits per heavy atom. The number of hydrogen-bond acceptors (Lipinski definition) is 2. The van der Waals surface area contributed by atoms with Crippen LogP contribution < -0.4 is 4.74 Å². The summed E-state index contributed by atoms with van der Waals surface area (Å²) in [6.07, 6.45) is 1.54. The minimum atomic E-state index is 0.0377. The molecule has 1 rings (SSSR count). The van der Waals surface area contributed by atoms with Crippen LogP contribution in [0, 0.1) is 4.91 Å². The average Bonchev–Trinajstić information content (AvgIpc) is 2.17. The van der Waals surface area contributed by atoms with Crippen LogP contribution in [-0.2, 0) is 0 Å². The molecule has 0 spiro atoms. The maximum absolute atomic E-state index is 10.9. The zero-order valence-corrected chi connectivity index (χ0v) is 7.35. The van der Waals surface area contributed by atoms with Crippen molar-refractivity contribution in [3.63, 3.8) is 0 Å². The van der Waals surface area contributed by atoms with Crippen molar-refractivity contribution in [3.8, 4) is 5.75 Å². The van der Waals surface area contributed by atoms with Gasteiger partial charge in [0.25, 0.3) is 0 Å². The average molecular weight is 178 g/mol. The molecule has 0 saturated carbocycles. The van der Waals surface area contributed by atoms with Crippen LogP contribution in [0.5, 0.6) is 5.75 Å². The van der Waals surface area contributed by atoms with Gasteiger partial charge in [0, 0.05) is 9.67 Å². The minimum absolute atomic E-state index is 0.0377. The van der Waals surface area contributed by atoms with Gasteiger partial charge in [-0.3, -0.25) is 0 Å². The third-order valence-electron chi connectivity index (χ3n) is 1.45. The number of rotatable bonds is 5. The number of nitroso groups, excluding NO2 is 1. The smallest absolute Gasteiger partial charge is 0.334 e. The fraction of sp³-hybridized carbons (Fsp3) is 0.200. The highest BCUT2D eigenvalue weighted by atomic mass is 16.5. The van der Waals surface area contributed by atoms with E-state index in [-0.39, 0.29) is 13.3 Å². The van der Waals surface area contributed by atoms with Crippen molar-refractivity contribution >= 4 is 0 Å². The molecule has 0 aromatic heterocycles. The monoisotopic (exact) mass is 178 g/mol. The van der Waals surface area contributed by atoms with E-state index in [2.05, 4.69) is 6.58 Å². The van der Waals surface area contributed by atoms with Crippen LogP contribution in [0.4, 0.5) is 0 Å². The van der Waals surface area contributed by atoms with Gasteiger partial charge in [0.2, 0.25) is 6.54 Å². The minimum Gasteiger partial charge on any atom is -0.433 e. The SMILES string of the molecule is C=CC[N+](=O)COc1ccccc1. The lowest BCUT2D eigenvalue weighted by Gasteiger charge is -1.98. The molecule has 1 aromatic rings. The summed E-state index contributed by atoms with van der Waals surface area (Å²) in [6.45, 7) is 3.78. The zero-order valence-electron chi connectivity index (χ0n) is 7.35. The second kappa shape index (κ2) is 5.09. The number of ether oxygens (including phenoxy) is 1. The molecule has 0 saturated heterocycles. The predicted molar refractivity (Wildman–Crippen MR) is 50.6 cm³/mol. The number of benzene rings is 1. The molecule has 13 heavy (non-hydrogen) atoms. The standard InChI is InChI=1S/C10H12NO2/c1-2-8-11(12)9-13-10-6-4-3-5-7-10/h2-7H,1,8-9H2/q+1. The summed E-state index contributed by atoms with van der Waals surface area (Å²) in [7, 11) is 0. The Hall–Kier alpha value is -1.64. The van der Waals surface area contributed by atoms with Gasteiger partial charge in [0.1, 0.15) is 5.75 Å². The first kappa shape index (κ1) is 9.45. The van der Waals surface area contributed by atoms with E-state index >= 15 is 0 Å². The van der Waals surface area contributed by atoms with E-state index < -0.39 is 0 Å². The molecule has 3 nitrogen and oxygen atoms in total. The van der Waals surface area contributed by atoms with E-state index in [4.69, 9.17) is 4.74 Å². The van der Waals surface area contributed by atoms with Gasteiger partial charge in [-0.1, -0.05) is 24.8 Å². The first-order valence-corrected chi connectivity index (χ1v) is 4.04. The van der Waals surface area contributed by atoms with E-state index in [1.54, 1.807) is 6.08 Å². The van der Waals surface area contributed by atoms with Crippen molar-refractivity contribution in [2.75, 3.05) is 13.3 Å². The highest BCUT2D eigenvalue weighted by Crippen LogP contribution is 2.07. The van der Waals surface area contributed by atoms with Crippen molar-refractivity contribution in [2.45, 2.75) is 0 Å². The maximum Gasteiger partial charge on any atom is 0.334 e. The first-order chi connectivity index (χ1) is 6.33. The van der Waals surface area contributed by atoms with Crippen molar-refractivity contribution in [2.24, 2.45) is 0 Å². The van der Waals surface area contributed by atoms with Crippen molar-refractivity contribution < 1.29 is 9.50 Å². The second-order valence-electron chi connectivity index (χ2n) is 2.54. The molecule has 0 aliphatic rings. The first-order valence-electron chi connectivity index (χ1n) is 4.04. The molecule has 0 atom stereocenters. The molecule has 0 amide bonds. The highest BCUT2D eigenvalue weighted by molar-refractivity contribution is 5.20. The van der Waals surface area contributed by atoms with E-state index in [0.29, 0.717) is 5.75 Å². The molecule has 0 aliphatic heterocycles.